The molecule has 0 fully saturated rings. The van der Waals surface area contributed by atoms with Crippen LogP contribution in [0.3, 0.4) is 0 Å². The molecule has 0 spiro atoms. The van der Waals surface area contributed by atoms with Gasteiger partial charge < -0.3 is 9.47 Å². The first-order chi connectivity index (χ1) is 10.1. The molecule has 0 unspecified atom stereocenters. The van der Waals surface area contributed by atoms with Gasteiger partial charge >= 0.3 is 11.4 Å². The Bertz CT molecular complexity index is 623. The number of para-hydroxylation sites is 2. The van der Waals surface area contributed by atoms with Gasteiger partial charge in [0, 0.05) is 11.6 Å². The molecule has 2 aromatic carbocycles. The fraction of sp³-hybridized carbons (Fsp3) is 0. The molecule has 0 N–H and O–H groups in total. The minimum Gasteiger partial charge on any atom is -0.415 e. The molecule has 0 bridgehead atoms. The van der Waals surface area contributed by atoms with Gasteiger partial charge in [0.1, 0.15) is 11.5 Å². The molecule has 0 saturated heterocycles. The van der Waals surface area contributed by atoms with E-state index >= 15 is 0 Å². The summed E-state index contributed by atoms with van der Waals surface area (Å²) >= 11 is 4.95. The van der Waals surface area contributed by atoms with Crippen LogP contribution in [0.4, 0.5) is 4.79 Å². The molecule has 0 aliphatic heterocycles. The first-order valence-corrected chi connectivity index (χ1v) is 6.09. The zero-order valence-corrected chi connectivity index (χ0v) is 11.5. The molecule has 106 valence electrons. The molecular formula is C15H10ClNO4. The van der Waals surface area contributed by atoms with Crippen LogP contribution in [-0.2, 0) is 4.79 Å². The SMILES string of the molecule is N#CC(=O)Oc1ccccc1.O=C(Cl)Oc1ccccc1. The van der Waals surface area contributed by atoms with Crippen molar-refractivity contribution in [3.63, 3.8) is 0 Å². The van der Waals surface area contributed by atoms with E-state index in [0.717, 1.165) is 0 Å². The highest BCUT2D eigenvalue weighted by atomic mass is 35.5. The largest absolute Gasteiger partial charge is 0.416 e. The van der Waals surface area contributed by atoms with Crippen LogP contribution in [0, 0.1) is 11.3 Å². The van der Waals surface area contributed by atoms with Crippen molar-refractivity contribution in [2.45, 2.75) is 0 Å². The smallest absolute Gasteiger partial charge is 0.415 e. The fourth-order valence-electron chi connectivity index (χ4n) is 1.20. The van der Waals surface area contributed by atoms with Crippen LogP contribution in [0.1, 0.15) is 0 Å². The second kappa shape index (κ2) is 9.13. The van der Waals surface area contributed by atoms with Gasteiger partial charge in [0.2, 0.25) is 0 Å². The van der Waals surface area contributed by atoms with E-state index in [1.165, 1.54) is 6.07 Å². The maximum atomic E-state index is 10.4. The molecule has 0 saturated carbocycles. The highest BCUT2D eigenvalue weighted by Crippen LogP contribution is 2.09. The number of ether oxygens (including phenoxy) is 2. The zero-order chi connectivity index (χ0) is 15.5. The number of halogens is 1. The number of nitrogens with zero attached hydrogens (tertiary/aromatic N) is 1. The Kier molecular flexibility index (Phi) is 7.05. The summed E-state index contributed by atoms with van der Waals surface area (Å²) in [6.45, 7) is 0. The van der Waals surface area contributed by atoms with Crippen LogP contribution in [-0.4, -0.2) is 11.4 Å². The van der Waals surface area contributed by atoms with E-state index in [0.29, 0.717) is 11.5 Å². The molecule has 0 aliphatic rings. The highest BCUT2D eigenvalue weighted by Gasteiger charge is 1.99. The lowest BCUT2D eigenvalue weighted by Crippen LogP contribution is -2.03. The molecular weight excluding hydrogens is 294 g/mol. The van der Waals surface area contributed by atoms with Gasteiger partial charge in [-0.3, -0.25) is 0 Å². The average Bonchev–Trinajstić information content (AvgIpc) is 2.49. The Morgan fingerprint density at radius 2 is 1.29 bits per heavy atom. The summed E-state index contributed by atoms with van der Waals surface area (Å²) in [4.78, 5) is 20.6. The van der Waals surface area contributed by atoms with Gasteiger partial charge in [0.25, 0.3) is 0 Å². The molecule has 0 atom stereocenters. The minimum atomic E-state index is -0.892. The third-order valence-electron chi connectivity index (χ3n) is 1.99. The molecule has 0 aromatic heterocycles. The summed E-state index contributed by atoms with van der Waals surface area (Å²) in [5.74, 6) is -0.0437. The Morgan fingerprint density at radius 1 is 0.857 bits per heavy atom. The maximum Gasteiger partial charge on any atom is 0.416 e. The predicted molar refractivity (Wildman–Crippen MR) is 76.0 cm³/mol. The number of hydrogen-bond acceptors (Lipinski definition) is 5. The van der Waals surface area contributed by atoms with Crippen molar-refractivity contribution in [2.24, 2.45) is 0 Å². The number of esters is 1. The highest BCUT2D eigenvalue weighted by molar-refractivity contribution is 6.61. The van der Waals surface area contributed by atoms with Crippen molar-refractivity contribution in [3.8, 4) is 17.6 Å². The fourth-order valence-corrected chi connectivity index (χ4v) is 1.29. The van der Waals surface area contributed by atoms with Crippen LogP contribution >= 0.6 is 11.6 Å². The van der Waals surface area contributed by atoms with Crippen molar-refractivity contribution in [1.82, 2.24) is 0 Å². The summed E-state index contributed by atoms with van der Waals surface area (Å²) < 4.78 is 9.10. The Balaban J connectivity index is 0.000000211. The molecule has 2 rings (SSSR count). The van der Waals surface area contributed by atoms with Gasteiger partial charge in [-0.25, -0.2) is 9.59 Å². The van der Waals surface area contributed by atoms with E-state index in [2.05, 4.69) is 9.47 Å². The third kappa shape index (κ3) is 7.35. The van der Waals surface area contributed by atoms with Gasteiger partial charge in [0.05, 0.1) is 0 Å². The van der Waals surface area contributed by atoms with Crippen molar-refractivity contribution in [2.75, 3.05) is 0 Å². The van der Waals surface area contributed by atoms with Crippen LogP contribution in [0.15, 0.2) is 60.7 Å². The molecule has 2 aromatic rings. The molecule has 0 heterocycles. The number of carbonyl (C=O) groups excluding carboxylic acids is 2. The summed E-state index contributed by atoms with van der Waals surface area (Å²) in [5.41, 5.74) is -0.814. The zero-order valence-electron chi connectivity index (χ0n) is 10.7. The first-order valence-electron chi connectivity index (χ1n) is 5.71. The Labute approximate surface area is 126 Å². The van der Waals surface area contributed by atoms with Gasteiger partial charge in [-0.15, -0.1) is 0 Å². The van der Waals surface area contributed by atoms with Crippen molar-refractivity contribution < 1.29 is 19.1 Å². The monoisotopic (exact) mass is 303 g/mol. The standard InChI is InChI=1S/C8H5NO2.C7H5ClO2/c9-6-8(10)11-7-4-2-1-3-5-7;8-7(9)10-6-4-2-1-3-5-6/h1-5H;1-5H. The topological polar surface area (TPSA) is 76.4 Å². The van der Waals surface area contributed by atoms with E-state index in [9.17, 15) is 9.59 Å². The van der Waals surface area contributed by atoms with Crippen LogP contribution in [0.2, 0.25) is 0 Å². The maximum absolute atomic E-state index is 10.4. The number of hydrogen-bond donors (Lipinski definition) is 0. The molecule has 0 aliphatic carbocycles. The normalized spacial score (nSPS) is 8.57. The van der Waals surface area contributed by atoms with Crippen LogP contribution in [0.25, 0.3) is 0 Å². The van der Waals surface area contributed by atoms with Crippen molar-refractivity contribution in [1.29, 1.82) is 5.26 Å². The lowest BCUT2D eigenvalue weighted by atomic mass is 10.3. The second-order valence-corrected chi connectivity index (χ2v) is 3.78. The molecule has 6 heteroatoms. The van der Waals surface area contributed by atoms with E-state index in [4.69, 9.17) is 16.9 Å². The van der Waals surface area contributed by atoms with Crippen molar-refractivity contribution >= 4 is 23.0 Å². The predicted octanol–water partition coefficient (Wildman–Crippen LogP) is 3.54. The minimum absolute atomic E-state index is 0.388. The lowest BCUT2D eigenvalue weighted by molar-refractivity contribution is -0.128. The number of rotatable bonds is 2. The number of nitriles is 1. The number of benzene rings is 2. The number of carbonyl (C=O) groups is 2. The van der Waals surface area contributed by atoms with Crippen molar-refractivity contribution in [3.05, 3.63) is 60.7 Å². The summed E-state index contributed by atoms with van der Waals surface area (Å²) in [5, 5.41) is 8.07. The van der Waals surface area contributed by atoms with Gasteiger partial charge in [-0.2, -0.15) is 5.26 Å². The van der Waals surface area contributed by atoms with E-state index < -0.39 is 11.4 Å². The van der Waals surface area contributed by atoms with Crippen LogP contribution in [0.5, 0.6) is 11.5 Å². The van der Waals surface area contributed by atoms with E-state index in [-0.39, 0.29) is 0 Å². The lowest BCUT2D eigenvalue weighted by Gasteiger charge is -1.95. The average molecular weight is 304 g/mol. The van der Waals surface area contributed by atoms with Crippen LogP contribution < -0.4 is 9.47 Å². The Morgan fingerprint density at radius 3 is 1.67 bits per heavy atom. The summed E-state index contributed by atoms with van der Waals surface area (Å²) in [7, 11) is 0. The van der Waals surface area contributed by atoms with E-state index in [1.807, 2.05) is 6.07 Å². The summed E-state index contributed by atoms with van der Waals surface area (Å²) in [6, 6.07) is 18.5. The second-order valence-electron chi connectivity index (χ2n) is 3.47. The van der Waals surface area contributed by atoms with E-state index in [1.54, 1.807) is 54.6 Å². The van der Waals surface area contributed by atoms with Gasteiger partial charge in [-0.05, 0) is 24.3 Å². The third-order valence-corrected chi connectivity index (χ3v) is 2.06. The molecule has 0 radical (unpaired) electrons. The van der Waals surface area contributed by atoms with Gasteiger partial charge in [0.15, 0.2) is 6.07 Å². The molecule has 21 heavy (non-hydrogen) atoms. The molecule has 0 amide bonds. The summed E-state index contributed by atoms with van der Waals surface area (Å²) in [6.07, 6.45) is 0. The van der Waals surface area contributed by atoms with Gasteiger partial charge in [-0.1, -0.05) is 36.4 Å². The quantitative estimate of drug-likeness (QED) is 0.367. The Hall–Kier alpha value is -2.84. The molecule has 5 nitrogen and oxygen atoms in total. The first kappa shape index (κ1) is 16.2.